The van der Waals surface area contributed by atoms with Gasteiger partial charge in [-0.3, -0.25) is 4.55 Å². The Morgan fingerprint density at radius 2 is 1.90 bits per heavy atom. The van der Waals surface area contributed by atoms with Crippen molar-refractivity contribution in [3.63, 3.8) is 0 Å². The number of rotatable bonds is 6. The van der Waals surface area contributed by atoms with Crippen LogP contribution in [0, 0.1) is 6.92 Å². The number of aromatic nitrogens is 1. The van der Waals surface area contributed by atoms with E-state index in [2.05, 4.69) is 65.8 Å². The zero-order valence-corrected chi connectivity index (χ0v) is 18.7. The number of para-hydroxylation sites is 1. The lowest BCUT2D eigenvalue weighted by atomic mass is 10.1. The van der Waals surface area contributed by atoms with E-state index in [1.54, 1.807) is 11.8 Å². The third kappa shape index (κ3) is 4.38. The van der Waals surface area contributed by atoms with Crippen molar-refractivity contribution in [2.24, 2.45) is 0 Å². The van der Waals surface area contributed by atoms with Crippen LogP contribution in [0.15, 0.2) is 64.5 Å². The van der Waals surface area contributed by atoms with E-state index in [1.807, 2.05) is 18.2 Å². The number of hydrogen-bond acceptors (Lipinski definition) is 4. The van der Waals surface area contributed by atoms with Crippen LogP contribution in [0.1, 0.15) is 24.6 Å². The summed E-state index contributed by atoms with van der Waals surface area (Å²) in [7, 11) is -3.97. The first-order valence-corrected chi connectivity index (χ1v) is 12.4. The van der Waals surface area contributed by atoms with E-state index in [0.717, 1.165) is 27.9 Å². The van der Waals surface area contributed by atoms with Crippen LogP contribution in [0.2, 0.25) is 0 Å². The quantitative estimate of drug-likeness (QED) is 0.446. The number of anilines is 1. The predicted octanol–water partition coefficient (Wildman–Crippen LogP) is 4.64. The van der Waals surface area contributed by atoms with Crippen molar-refractivity contribution in [3.8, 4) is 0 Å². The van der Waals surface area contributed by atoms with Gasteiger partial charge >= 0.3 is 0 Å². The largest absolute Gasteiger partial charge is 0.335 e. The molecule has 156 valence electrons. The second kappa shape index (κ2) is 8.41. The highest BCUT2D eigenvalue weighted by atomic mass is 32.2. The van der Waals surface area contributed by atoms with Crippen molar-refractivity contribution in [1.29, 1.82) is 0 Å². The fourth-order valence-corrected chi connectivity index (χ4v) is 5.46. The number of benzene rings is 2. The van der Waals surface area contributed by atoms with Crippen LogP contribution in [0.3, 0.4) is 0 Å². The van der Waals surface area contributed by atoms with Gasteiger partial charge in [0.15, 0.2) is 0 Å². The minimum absolute atomic E-state index is 0.242. The first-order valence-electron chi connectivity index (χ1n) is 10.0. The highest BCUT2D eigenvalue weighted by Crippen LogP contribution is 2.46. The van der Waals surface area contributed by atoms with Gasteiger partial charge in [0.25, 0.3) is 10.1 Å². The molecule has 30 heavy (non-hydrogen) atoms. The number of nitrogens with zero attached hydrogens (tertiary/aromatic N) is 2. The first kappa shape index (κ1) is 20.9. The molecule has 0 radical (unpaired) electrons. The topological polar surface area (TPSA) is 61.5 Å². The standard InChI is InChI=1S/C23H24N2O3S2/c1-3-24-19(12-11-18-10-9-17(2)15-21(18)24)16-23-25(13-6-14-30(26,27)28)20-7-4-5-8-22(20)29-23/h4-5,7-12,15-16H,3,6,13-14H2,1-2H3/p+1. The van der Waals surface area contributed by atoms with Gasteiger partial charge in [0, 0.05) is 35.0 Å². The zero-order valence-electron chi connectivity index (χ0n) is 17.1. The average Bonchev–Trinajstić information content (AvgIpc) is 3.04. The van der Waals surface area contributed by atoms with E-state index in [4.69, 9.17) is 4.55 Å². The van der Waals surface area contributed by atoms with Crippen molar-refractivity contribution in [2.45, 2.75) is 31.7 Å². The Bertz CT molecular complexity index is 1240. The lowest BCUT2D eigenvalue weighted by Crippen LogP contribution is -2.37. The monoisotopic (exact) mass is 441 g/mol. The number of fused-ring (bicyclic) bond motifs is 2. The summed E-state index contributed by atoms with van der Waals surface area (Å²) in [6, 6.07) is 18.9. The molecule has 0 unspecified atom stereocenters. The summed E-state index contributed by atoms with van der Waals surface area (Å²) in [5.41, 5.74) is 4.60. The van der Waals surface area contributed by atoms with Gasteiger partial charge in [-0.15, -0.1) is 0 Å². The van der Waals surface area contributed by atoms with E-state index in [-0.39, 0.29) is 5.75 Å². The van der Waals surface area contributed by atoms with Crippen LogP contribution in [-0.2, 0) is 16.7 Å². The maximum Gasteiger partial charge on any atom is 0.264 e. The van der Waals surface area contributed by atoms with Crippen molar-refractivity contribution in [3.05, 3.63) is 70.9 Å². The molecule has 0 amide bonds. The molecule has 0 fully saturated rings. The van der Waals surface area contributed by atoms with Gasteiger partial charge in [-0.05, 0) is 50.1 Å². The highest BCUT2D eigenvalue weighted by Gasteiger charge is 2.26. The number of hydrogen-bond donors (Lipinski definition) is 1. The normalized spacial score (nSPS) is 15.2. The summed E-state index contributed by atoms with van der Waals surface area (Å²) in [5.74, 6) is -0.242. The molecular weight excluding hydrogens is 416 g/mol. The van der Waals surface area contributed by atoms with Gasteiger partial charge in [-0.1, -0.05) is 30.0 Å². The fourth-order valence-electron chi connectivity index (χ4n) is 3.83. The summed E-state index contributed by atoms with van der Waals surface area (Å²) < 4.78 is 33.8. The third-order valence-electron chi connectivity index (χ3n) is 5.23. The Labute approximate surface area is 181 Å². The summed E-state index contributed by atoms with van der Waals surface area (Å²) in [6.45, 7) is 5.61. The van der Waals surface area contributed by atoms with Crippen LogP contribution in [-0.4, -0.2) is 25.3 Å². The second-order valence-electron chi connectivity index (χ2n) is 7.41. The van der Waals surface area contributed by atoms with Crippen LogP contribution in [0.5, 0.6) is 0 Å². The van der Waals surface area contributed by atoms with Gasteiger partial charge < -0.3 is 4.90 Å². The summed E-state index contributed by atoms with van der Waals surface area (Å²) in [5, 5.41) is 2.26. The molecule has 5 nitrogen and oxygen atoms in total. The van der Waals surface area contributed by atoms with Gasteiger partial charge in [0.1, 0.15) is 6.54 Å². The maximum absolute atomic E-state index is 11.2. The third-order valence-corrected chi connectivity index (χ3v) is 7.15. The van der Waals surface area contributed by atoms with E-state index >= 15 is 0 Å². The molecule has 3 aromatic rings. The maximum atomic E-state index is 11.2. The molecular formula is C23H25N2O3S2+. The Morgan fingerprint density at radius 3 is 2.67 bits per heavy atom. The predicted molar refractivity (Wildman–Crippen MR) is 123 cm³/mol. The zero-order chi connectivity index (χ0) is 21.3. The lowest BCUT2D eigenvalue weighted by Gasteiger charge is -2.20. The highest BCUT2D eigenvalue weighted by molar-refractivity contribution is 8.03. The minimum Gasteiger partial charge on any atom is -0.335 e. The van der Waals surface area contributed by atoms with E-state index in [9.17, 15) is 8.42 Å². The van der Waals surface area contributed by atoms with E-state index in [0.29, 0.717) is 13.0 Å². The Balaban J connectivity index is 1.74. The summed E-state index contributed by atoms with van der Waals surface area (Å²) in [4.78, 5) is 3.29. The average molecular weight is 442 g/mol. The van der Waals surface area contributed by atoms with Crippen LogP contribution in [0.4, 0.5) is 5.69 Å². The molecule has 1 aromatic heterocycles. The Morgan fingerprint density at radius 1 is 1.13 bits per heavy atom. The van der Waals surface area contributed by atoms with Gasteiger partial charge in [-0.2, -0.15) is 13.0 Å². The van der Waals surface area contributed by atoms with E-state index in [1.165, 1.54) is 16.5 Å². The van der Waals surface area contributed by atoms with Crippen molar-refractivity contribution < 1.29 is 17.5 Å². The Kier molecular flexibility index (Phi) is 5.86. The first-order chi connectivity index (χ1) is 14.4. The molecule has 7 heteroatoms. The van der Waals surface area contributed by atoms with Crippen LogP contribution < -0.4 is 9.47 Å². The SMILES string of the molecule is CC[n+]1c(/C=C2\Sc3ccccc3N2CCCS(=O)(=O)O)ccc2ccc(C)cc21. The molecule has 0 saturated carbocycles. The van der Waals surface area contributed by atoms with Crippen molar-refractivity contribution >= 4 is 44.5 Å². The molecule has 0 bridgehead atoms. The van der Waals surface area contributed by atoms with E-state index < -0.39 is 10.1 Å². The summed E-state index contributed by atoms with van der Waals surface area (Å²) >= 11 is 1.69. The Hall–Kier alpha value is -2.35. The molecule has 0 saturated heterocycles. The van der Waals surface area contributed by atoms with Gasteiger partial charge in [0.2, 0.25) is 11.2 Å². The number of aryl methyl sites for hydroxylation is 2. The van der Waals surface area contributed by atoms with Crippen LogP contribution in [0.25, 0.3) is 17.0 Å². The molecule has 0 aliphatic carbocycles. The lowest BCUT2D eigenvalue weighted by molar-refractivity contribution is -0.669. The van der Waals surface area contributed by atoms with Gasteiger partial charge in [0.05, 0.1) is 16.5 Å². The molecule has 4 rings (SSSR count). The van der Waals surface area contributed by atoms with Crippen molar-refractivity contribution in [2.75, 3.05) is 17.2 Å². The second-order valence-corrected chi connectivity index (χ2v) is 10.0. The molecule has 1 N–H and O–H groups in total. The molecule has 0 spiro atoms. The summed E-state index contributed by atoms with van der Waals surface area (Å²) in [6.07, 6.45) is 2.53. The van der Waals surface area contributed by atoms with Crippen LogP contribution >= 0.6 is 11.8 Å². The smallest absolute Gasteiger partial charge is 0.264 e. The van der Waals surface area contributed by atoms with Gasteiger partial charge in [-0.25, -0.2) is 0 Å². The number of thioether (sulfide) groups is 1. The molecule has 0 atom stereocenters. The molecule has 1 aliphatic heterocycles. The molecule has 2 aromatic carbocycles. The van der Waals surface area contributed by atoms with Crippen molar-refractivity contribution in [1.82, 2.24) is 0 Å². The number of pyridine rings is 1. The minimum atomic E-state index is -3.97. The molecule has 1 aliphatic rings. The molecule has 2 heterocycles. The fraction of sp³-hybridized carbons (Fsp3) is 0.261.